The summed E-state index contributed by atoms with van der Waals surface area (Å²) in [5.41, 5.74) is 4.25. The number of carbonyl (C=O) groups is 1. The minimum atomic E-state index is -0.586. The standard InChI is InChI=1S/C10H11BrN2O2/c1-7-3-4-8(5-9(7)11)6-12-13-10(14)15-2/h3-6H,1-2H3,(H,13,14)/b12-6+. The van der Waals surface area contributed by atoms with Crippen LogP contribution in [0.25, 0.3) is 0 Å². The third kappa shape index (κ3) is 3.71. The number of hydrogen-bond acceptors (Lipinski definition) is 3. The summed E-state index contributed by atoms with van der Waals surface area (Å²) >= 11 is 3.41. The molecule has 0 aliphatic heterocycles. The Bertz CT molecular complexity index is 391. The van der Waals surface area contributed by atoms with Crippen LogP contribution in [0.3, 0.4) is 0 Å². The van der Waals surface area contributed by atoms with Crippen molar-refractivity contribution in [3.8, 4) is 0 Å². The highest BCUT2D eigenvalue weighted by Gasteiger charge is 1.96. The van der Waals surface area contributed by atoms with Crippen LogP contribution < -0.4 is 5.43 Å². The van der Waals surface area contributed by atoms with Gasteiger partial charge in [0.15, 0.2) is 0 Å². The maximum atomic E-state index is 10.7. The Kier molecular flexibility index (Phi) is 4.30. The van der Waals surface area contributed by atoms with E-state index in [1.165, 1.54) is 7.11 Å². The molecule has 0 fully saturated rings. The van der Waals surface area contributed by atoms with Crippen LogP contribution in [0, 0.1) is 6.92 Å². The number of ether oxygens (including phenoxy) is 1. The number of nitrogens with one attached hydrogen (secondary N) is 1. The molecule has 15 heavy (non-hydrogen) atoms. The topological polar surface area (TPSA) is 50.7 Å². The minimum Gasteiger partial charge on any atom is -0.452 e. The predicted octanol–water partition coefficient (Wildman–Crippen LogP) is 2.45. The second kappa shape index (κ2) is 5.50. The van der Waals surface area contributed by atoms with Gasteiger partial charge in [-0.15, -0.1) is 0 Å². The third-order valence-corrected chi connectivity index (χ3v) is 2.61. The molecule has 1 aromatic rings. The molecular formula is C10H11BrN2O2. The normalized spacial score (nSPS) is 10.3. The minimum absolute atomic E-state index is 0.586. The first-order valence-corrected chi connectivity index (χ1v) is 5.06. The van der Waals surface area contributed by atoms with Crippen molar-refractivity contribution in [2.24, 2.45) is 5.10 Å². The second-order valence-electron chi connectivity index (χ2n) is 2.87. The molecule has 1 N–H and O–H groups in total. The molecule has 0 unspecified atom stereocenters. The second-order valence-corrected chi connectivity index (χ2v) is 3.72. The molecule has 0 saturated carbocycles. The highest BCUT2D eigenvalue weighted by Crippen LogP contribution is 2.16. The first kappa shape index (κ1) is 11.7. The van der Waals surface area contributed by atoms with Crippen molar-refractivity contribution < 1.29 is 9.53 Å². The van der Waals surface area contributed by atoms with Gasteiger partial charge in [0.2, 0.25) is 0 Å². The Morgan fingerprint density at radius 1 is 1.60 bits per heavy atom. The number of methoxy groups -OCH3 is 1. The van der Waals surface area contributed by atoms with Gasteiger partial charge in [-0.25, -0.2) is 10.2 Å². The summed E-state index contributed by atoms with van der Waals surface area (Å²) in [6, 6.07) is 5.78. The number of hydrogen-bond donors (Lipinski definition) is 1. The van der Waals surface area contributed by atoms with Gasteiger partial charge in [-0.1, -0.05) is 28.1 Å². The molecule has 0 radical (unpaired) electrons. The van der Waals surface area contributed by atoms with Crippen LogP contribution in [0.1, 0.15) is 11.1 Å². The molecule has 1 rings (SSSR count). The van der Waals surface area contributed by atoms with Crippen molar-refractivity contribution in [2.45, 2.75) is 6.92 Å². The van der Waals surface area contributed by atoms with Crippen LogP contribution in [-0.2, 0) is 4.74 Å². The molecule has 0 aliphatic rings. The maximum Gasteiger partial charge on any atom is 0.427 e. The fourth-order valence-electron chi connectivity index (χ4n) is 0.895. The zero-order chi connectivity index (χ0) is 11.3. The van der Waals surface area contributed by atoms with E-state index < -0.39 is 6.09 Å². The van der Waals surface area contributed by atoms with E-state index in [1.807, 2.05) is 25.1 Å². The van der Waals surface area contributed by atoms with E-state index in [4.69, 9.17) is 0 Å². The van der Waals surface area contributed by atoms with Gasteiger partial charge in [0.1, 0.15) is 0 Å². The van der Waals surface area contributed by atoms with Gasteiger partial charge in [-0.3, -0.25) is 0 Å². The lowest BCUT2D eigenvalue weighted by atomic mass is 10.2. The van der Waals surface area contributed by atoms with Gasteiger partial charge < -0.3 is 4.74 Å². The quantitative estimate of drug-likeness (QED) is 0.663. The first-order valence-electron chi connectivity index (χ1n) is 4.26. The Labute approximate surface area is 96.4 Å². The van der Waals surface area contributed by atoms with Gasteiger partial charge >= 0.3 is 6.09 Å². The van der Waals surface area contributed by atoms with Crippen LogP contribution in [0.4, 0.5) is 4.79 Å². The number of carbonyl (C=O) groups excluding carboxylic acids is 1. The lowest BCUT2D eigenvalue weighted by molar-refractivity contribution is 0.171. The molecular weight excluding hydrogens is 260 g/mol. The Balaban J connectivity index is 2.65. The Morgan fingerprint density at radius 2 is 2.33 bits per heavy atom. The van der Waals surface area contributed by atoms with E-state index in [-0.39, 0.29) is 0 Å². The summed E-state index contributed by atoms with van der Waals surface area (Å²) in [5, 5.41) is 3.71. The van der Waals surface area contributed by atoms with Crippen LogP contribution in [0.15, 0.2) is 27.8 Å². The van der Waals surface area contributed by atoms with E-state index in [2.05, 4.69) is 31.2 Å². The summed E-state index contributed by atoms with van der Waals surface area (Å²) in [5.74, 6) is 0. The van der Waals surface area contributed by atoms with E-state index in [0.717, 1.165) is 15.6 Å². The van der Waals surface area contributed by atoms with Gasteiger partial charge in [-0.2, -0.15) is 5.10 Å². The van der Waals surface area contributed by atoms with E-state index in [1.54, 1.807) is 6.21 Å². The van der Waals surface area contributed by atoms with Crippen LogP contribution in [-0.4, -0.2) is 19.4 Å². The summed E-state index contributed by atoms with van der Waals surface area (Å²) in [7, 11) is 1.29. The van der Waals surface area contributed by atoms with E-state index >= 15 is 0 Å². The number of aryl methyl sites for hydroxylation is 1. The zero-order valence-electron chi connectivity index (χ0n) is 8.45. The van der Waals surface area contributed by atoms with Crippen LogP contribution in [0.2, 0.25) is 0 Å². The largest absolute Gasteiger partial charge is 0.452 e. The average molecular weight is 271 g/mol. The zero-order valence-corrected chi connectivity index (χ0v) is 10.0. The van der Waals surface area contributed by atoms with Crippen molar-refractivity contribution in [1.29, 1.82) is 0 Å². The number of benzene rings is 1. The van der Waals surface area contributed by atoms with Gasteiger partial charge in [0.25, 0.3) is 0 Å². The van der Waals surface area contributed by atoms with Gasteiger partial charge in [0, 0.05) is 4.47 Å². The monoisotopic (exact) mass is 270 g/mol. The van der Waals surface area contributed by atoms with Crippen molar-refractivity contribution >= 4 is 28.2 Å². The SMILES string of the molecule is COC(=O)N/N=C/c1ccc(C)c(Br)c1. The molecule has 80 valence electrons. The van der Waals surface area contributed by atoms with Crippen molar-refractivity contribution in [1.82, 2.24) is 5.43 Å². The molecule has 0 aromatic heterocycles. The molecule has 1 amide bonds. The highest BCUT2D eigenvalue weighted by molar-refractivity contribution is 9.10. The molecule has 0 spiro atoms. The van der Waals surface area contributed by atoms with Crippen molar-refractivity contribution in [2.75, 3.05) is 7.11 Å². The van der Waals surface area contributed by atoms with Crippen LogP contribution >= 0.6 is 15.9 Å². The average Bonchev–Trinajstić information content (AvgIpc) is 2.23. The first-order chi connectivity index (χ1) is 7.13. The summed E-state index contributed by atoms with van der Waals surface area (Å²) < 4.78 is 5.36. The molecule has 0 aliphatic carbocycles. The van der Waals surface area contributed by atoms with Gasteiger partial charge in [0.05, 0.1) is 13.3 Å². The molecule has 5 heteroatoms. The van der Waals surface area contributed by atoms with Gasteiger partial charge in [-0.05, 0) is 24.1 Å². The third-order valence-electron chi connectivity index (χ3n) is 1.75. The molecule has 0 bridgehead atoms. The summed E-state index contributed by atoms with van der Waals surface area (Å²) in [6.45, 7) is 2.00. The van der Waals surface area contributed by atoms with Crippen LogP contribution in [0.5, 0.6) is 0 Å². The number of rotatable bonds is 2. The number of amides is 1. The summed E-state index contributed by atoms with van der Waals surface area (Å²) in [4.78, 5) is 10.7. The predicted molar refractivity (Wildman–Crippen MR) is 62.0 cm³/mol. The number of hydrazone groups is 1. The fourth-order valence-corrected chi connectivity index (χ4v) is 1.29. The smallest absolute Gasteiger partial charge is 0.427 e. The molecule has 0 saturated heterocycles. The highest BCUT2D eigenvalue weighted by atomic mass is 79.9. The number of nitrogens with zero attached hydrogens (tertiary/aromatic N) is 1. The molecule has 0 heterocycles. The van der Waals surface area contributed by atoms with E-state index in [9.17, 15) is 4.79 Å². The van der Waals surface area contributed by atoms with Crippen molar-refractivity contribution in [3.63, 3.8) is 0 Å². The molecule has 1 aromatic carbocycles. The maximum absolute atomic E-state index is 10.7. The fraction of sp³-hybridized carbons (Fsp3) is 0.200. The Morgan fingerprint density at radius 3 is 2.93 bits per heavy atom. The van der Waals surface area contributed by atoms with Crippen molar-refractivity contribution in [3.05, 3.63) is 33.8 Å². The number of halogens is 1. The molecule has 0 atom stereocenters. The van der Waals surface area contributed by atoms with E-state index in [0.29, 0.717) is 0 Å². The Hall–Kier alpha value is -1.36. The lowest BCUT2D eigenvalue weighted by Crippen LogP contribution is -2.16. The summed E-state index contributed by atoms with van der Waals surface area (Å²) in [6.07, 6.45) is 0.957. The molecule has 4 nitrogen and oxygen atoms in total. The lowest BCUT2D eigenvalue weighted by Gasteiger charge is -1.99.